The zero-order chi connectivity index (χ0) is 28.6. The second kappa shape index (κ2) is 12.1. The van der Waals surface area contributed by atoms with Gasteiger partial charge in [-0.05, 0) is 60.2 Å². The van der Waals surface area contributed by atoms with Crippen molar-refractivity contribution in [1.29, 1.82) is 0 Å². The maximum Gasteiger partial charge on any atom is 0.336 e. The van der Waals surface area contributed by atoms with Crippen molar-refractivity contribution in [2.45, 2.75) is 0 Å². The van der Waals surface area contributed by atoms with Crippen LogP contribution in [0.3, 0.4) is 0 Å². The fourth-order valence-electron chi connectivity index (χ4n) is 3.87. The van der Waals surface area contributed by atoms with Crippen molar-refractivity contribution in [2.24, 2.45) is 0 Å². The average Bonchev–Trinajstić information content (AvgIpc) is 2.96. The molecule has 0 atom stereocenters. The van der Waals surface area contributed by atoms with Gasteiger partial charge in [-0.25, -0.2) is 9.59 Å². The van der Waals surface area contributed by atoms with Gasteiger partial charge in [-0.3, -0.25) is 14.4 Å². The number of carboxylic acids is 2. The van der Waals surface area contributed by atoms with Crippen LogP contribution in [0.15, 0.2) is 103 Å². The molecule has 0 aliphatic carbocycles. The molecule has 0 saturated carbocycles. The summed E-state index contributed by atoms with van der Waals surface area (Å²) in [5.74, 6) is -4.00. The zero-order valence-electron chi connectivity index (χ0n) is 20.8. The van der Waals surface area contributed by atoms with Crippen LogP contribution in [-0.2, 0) is 0 Å². The number of carbonyl (C=O) groups is 5. The summed E-state index contributed by atoms with van der Waals surface area (Å²) in [6, 6.07) is 24.6. The van der Waals surface area contributed by atoms with E-state index in [1.165, 1.54) is 48.5 Å². The molecule has 0 bridgehead atoms. The second-order valence-electron chi connectivity index (χ2n) is 8.51. The van der Waals surface area contributed by atoms with Crippen molar-refractivity contribution in [3.8, 4) is 0 Å². The Morgan fingerprint density at radius 3 is 1.55 bits per heavy atom. The quantitative estimate of drug-likeness (QED) is 0.164. The van der Waals surface area contributed by atoms with Crippen LogP contribution in [0.1, 0.15) is 57.4 Å². The Balaban J connectivity index is 1.45. The Labute approximate surface area is 228 Å². The molecule has 0 aromatic heterocycles. The summed E-state index contributed by atoms with van der Waals surface area (Å²) in [6.45, 7) is 0. The number of hydrogen-bond acceptors (Lipinski definition) is 5. The molecule has 198 valence electrons. The Kier molecular flexibility index (Phi) is 8.26. The highest BCUT2D eigenvalue weighted by Crippen LogP contribution is 2.18. The topological polar surface area (TPSA) is 150 Å². The van der Waals surface area contributed by atoms with E-state index < -0.39 is 23.8 Å². The van der Waals surface area contributed by atoms with Gasteiger partial charge in [-0.15, -0.1) is 0 Å². The molecule has 9 nitrogen and oxygen atoms in total. The van der Waals surface area contributed by atoms with Gasteiger partial charge in [-0.2, -0.15) is 0 Å². The molecule has 4 N–H and O–H groups in total. The third-order valence-corrected chi connectivity index (χ3v) is 5.78. The van der Waals surface area contributed by atoms with Crippen LogP contribution in [0.25, 0.3) is 6.08 Å². The van der Waals surface area contributed by atoms with E-state index in [1.54, 1.807) is 60.7 Å². The number of aromatic carboxylic acids is 2. The van der Waals surface area contributed by atoms with Crippen LogP contribution in [0.4, 0.5) is 11.4 Å². The van der Waals surface area contributed by atoms with Gasteiger partial charge in [-0.1, -0.05) is 54.6 Å². The lowest BCUT2D eigenvalue weighted by Crippen LogP contribution is -2.16. The summed E-state index contributed by atoms with van der Waals surface area (Å²) in [6.07, 6.45) is 2.89. The molecule has 4 rings (SSSR count). The maximum absolute atomic E-state index is 12.8. The molecular weight excluding hydrogens is 512 g/mol. The van der Waals surface area contributed by atoms with E-state index in [9.17, 15) is 34.2 Å². The van der Waals surface area contributed by atoms with Crippen molar-refractivity contribution < 1.29 is 34.2 Å². The first-order valence-corrected chi connectivity index (χ1v) is 11.9. The number of rotatable bonds is 9. The molecule has 0 fully saturated rings. The number of nitrogens with one attached hydrogen (secondary N) is 2. The summed E-state index contributed by atoms with van der Waals surface area (Å²) in [7, 11) is 0. The van der Waals surface area contributed by atoms with Crippen LogP contribution >= 0.6 is 0 Å². The molecule has 40 heavy (non-hydrogen) atoms. The van der Waals surface area contributed by atoms with E-state index >= 15 is 0 Å². The van der Waals surface area contributed by atoms with E-state index in [1.807, 2.05) is 0 Å². The van der Waals surface area contributed by atoms with Gasteiger partial charge in [0.15, 0.2) is 5.78 Å². The molecule has 0 aliphatic rings. The summed E-state index contributed by atoms with van der Waals surface area (Å²) < 4.78 is 0. The van der Waals surface area contributed by atoms with Crippen molar-refractivity contribution >= 4 is 47.0 Å². The molecule has 0 aliphatic heterocycles. The largest absolute Gasteiger partial charge is 0.478 e. The molecule has 0 spiro atoms. The summed E-state index contributed by atoms with van der Waals surface area (Å²) in [4.78, 5) is 60.9. The normalized spacial score (nSPS) is 10.6. The smallest absolute Gasteiger partial charge is 0.336 e. The van der Waals surface area contributed by atoms with Crippen molar-refractivity contribution in [3.05, 3.63) is 137 Å². The third kappa shape index (κ3) is 6.53. The molecule has 9 heteroatoms. The van der Waals surface area contributed by atoms with Gasteiger partial charge in [0, 0.05) is 16.9 Å². The van der Waals surface area contributed by atoms with E-state index in [0.29, 0.717) is 16.9 Å². The number of carboxylic acid groups (broad SMARTS) is 2. The molecule has 4 aromatic rings. The standard InChI is InChI=1S/C31H22N2O7/c34-27(20-8-6-10-22(18-20)33-29(36)24-12-2-4-14-26(24)31(39)40)16-15-19-7-5-9-21(17-19)32-28(35)23-11-1-3-13-25(23)30(37)38/h1-18H,(H,32,35)(H,33,36)(H,37,38)(H,39,40)/b16-15-. The zero-order valence-corrected chi connectivity index (χ0v) is 20.8. The maximum atomic E-state index is 12.8. The monoisotopic (exact) mass is 534 g/mol. The number of allylic oxidation sites excluding steroid dienone is 1. The first-order valence-electron chi connectivity index (χ1n) is 11.9. The Morgan fingerprint density at radius 2 is 1.02 bits per heavy atom. The number of amides is 2. The van der Waals surface area contributed by atoms with E-state index in [2.05, 4.69) is 10.6 Å². The van der Waals surface area contributed by atoms with Crippen molar-refractivity contribution in [1.82, 2.24) is 0 Å². The highest BCUT2D eigenvalue weighted by atomic mass is 16.4. The summed E-state index contributed by atoms with van der Waals surface area (Å²) in [5.41, 5.74) is 1.37. The second-order valence-corrected chi connectivity index (χ2v) is 8.51. The van der Waals surface area contributed by atoms with Crippen molar-refractivity contribution in [2.75, 3.05) is 10.6 Å². The number of anilines is 2. The van der Waals surface area contributed by atoms with Gasteiger partial charge in [0.25, 0.3) is 11.8 Å². The predicted octanol–water partition coefficient (Wildman–Crippen LogP) is 5.48. The van der Waals surface area contributed by atoms with Crippen LogP contribution < -0.4 is 10.6 Å². The van der Waals surface area contributed by atoms with E-state index in [0.717, 1.165) is 0 Å². The van der Waals surface area contributed by atoms with Crippen LogP contribution in [0.2, 0.25) is 0 Å². The molecule has 4 aromatic carbocycles. The minimum Gasteiger partial charge on any atom is -0.478 e. The van der Waals surface area contributed by atoms with Gasteiger partial charge < -0.3 is 20.8 Å². The van der Waals surface area contributed by atoms with E-state index in [4.69, 9.17) is 0 Å². The molecule has 2 amide bonds. The SMILES string of the molecule is O=C(/C=C\c1cccc(NC(=O)c2ccccc2C(=O)O)c1)c1cccc(NC(=O)c2ccccc2C(=O)O)c1. The van der Waals surface area contributed by atoms with Gasteiger partial charge >= 0.3 is 11.9 Å². The highest BCUT2D eigenvalue weighted by molar-refractivity contribution is 6.12. The third-order valence-electron chi connectivity index (χ3n) is 5.78. The van der Waals surface area contributed by atoms with Gasteiger partial charge in [0.05, 0.1) is 22.3 Å². The lowest BCUT2D eigenvalue weighted by molar-refractivity contribution is 0.0683. The van der Waals surface area contributed by atoms with Crippen molar-refractivity contribution in [3.63, 3.8) is 0 Å². The molecular formula is C31H22N2O7. The number of benzene rings is 4. The summed E-state index contributed by atoms with van der Waals surface area (Å²) >= 11 is 0. The minimum atomic E-state index is -1.23. The fourth-order valence-corrected chi connectivity index (χ4v) is 3.87. The number of hydrogen-bond donors (Lipinski definition) is 4. The first kappa shape index (κ1) is 27.2. The number of ketones is 1. The average molecular weight is 535 g/mol. The highest BCUT2D eigenvalue weighted by Gasteiger charge is 2.17. The van der Waals surface area contributed by atoms with Gasteiger partial charge in [0.2, 0.25) is 0 Å². The summed E-state index contributed by atoms with van der Waals surface area (Å²) in [5, 5.41) is 23.9. The first-order chi connectivity index (χ1) is 19.2. The molecule has 0 unspecified atom stereocenters. The minimum absolute atomic E-state index is 0.00922. The Hall–Kier alpha value is -5.83. The van der Waals surface area contributed by atoms with Crippen LogP contribution in [-0.4, -0.2) is 39.7 Å². The van der Waals surface area contributed by atoms with Gasteiger partial charge in [0.1, 0.15) is 0 Å². The predicted molar refractivity (Wildman–Crippen MR) is 149 cm³/mol. The Morgan fingerprint density at radius 1 is 0.550 bits per heavy atom. The molecule has 0 heterocycles. The Bertz CT molecular complexity index is 1670. The number of carbonyl (C=O) groups excluding carboxylic acids is 3. The molecule has 0 radical (unpaired) electrons. The fraction of sp³-hybridized carbons (Fsp3) is 0. The van der Waals surface area contributed by atoms with Crippen LogP contribution in [0, 0.1) is 0 Å². The lowest BCUT2D eigenvalue weighted by atomic mass is 10.1. The van der Waals surface area contributed by atoms with E-state index in [-0.39, 0.29) is 33.6 Å². The molecule has 0 saturated heterocycles. The lowest BCUT2D eigenvalue weighted by Gasteiger charge is -2.09. The van der Waals surface area contributed by atoms with Crippen LogP contribution in [0.5, 0.6) is 0 Å².